The van der Waals surface area contributed by atoms with E-state index >= 15 is 0 Å². The van der Waals surface area contributed by atoms with Crippen molar-refractivity contribution >= 4 is 29.1 Å². The molecule has 0 heterocycles. The Morgan fingerprint density at radius 3 is 2.48 bits per heavy atom. The van der Waals surface area contributed by atoms with Gasteiger partial charge in [0.2, 0.25) is 0 Å². The van der Waals surface area contributed by atoms with E-state index in [1.54, 1.807) is 0 Å². The van der Waals surface area contributed by atoms with Crippen molar-refractivity contribution in [2.24, 2.45) is 0 Å². The van der Waals surface area contributed by atoms with Crippen LogP contribution in [0.25, 0.3) is 0 Å². The van der Waals surface area contributed by atoms with Gasteiger partial charge in [-0.25, -0.2) is 0 Å². The summed E-state index contributed by atoms with van der Waals surface area (Å²) in [5, 5.41) is 12.4. The Kier molecular flexibility index (Phi) is 5.98. The number of alkyl halides is 3. The second-order valence-electron chi connectivity index (χ2n) is 3.97. The molecule has 0 aliphatic rings. The lowest BCUT2D eigenvalue weighted by Gasteiger charge is -2.14. The average Bonchev–Trinajstić information content (AvgIpc) is 2.39. The molecule has 0 aliphatic heterocycles. The lowest BCUT2D eigenvalue weighted by atomic mass is 10.1. The SMILES string of the molecule is O=C(NCCCO)C(=O)Nc1ccc(Cl)cc1C(F)(F)F. The van der Waals surface area contributed by atoms with Gasteiger partial charge in [-0.1, -0.05) is 11.6 Å². The molecule has 2 amide bonds. The summed E-state index contributed by atoms with van der Waals surface area (Å²) in [6, 6.07) is 2.78. The standard InChI is InChI=1S/C12H12ClF3N2O3/c13-7-2-3-9(8(6-7)12(14,15)16)18-11(21)10(20)17-4-1-5-19/h2-3,6,19H,1,4-5H2,(H,17,20)(H,18,21). The van der Waals surface area contributed by atoms with Crippen LogP contribution in [0.5, 0.6) is 0 Å². The van der Waals surface area contributed by atoms with Crippen LogP contribution in [-0.4, -0.2) is 30.1 Å². The minimum Gasteiger partial charge on any atom is -0.396 e. The van der Waals surface area contributed by atoms with Crippen LogP contribution in [0.4, 0.5) is 18.9 Å². The molecule has 0 spiro atoms. The third kappa shape index (κ3) is 5.24. The predicted octanol–water partition coefficient (Wildman–Crippen LogP) is 1.80. The fourth-order valence-electron chi connectivity index (χ4n) is 1.40. The molecule has 5 nitrogen and oxygen atoms in total. The number of hydrogen-bond acceptors (Lipinski definition) is 3. The lowest BCUT2D eigenvalue weighted by Crippen LogP contribution is -2.36. The van der Waals surface area contributed by atoms with Crippen molar-refractivity contribution in [2.45, 2.75) is 12.6 Å². The van der Waals surface area contributed by atoms with Crippen LogP contribution in [-0.2, 0) is 15.8 Å². The van der Waals surface area contributed by atoms with Crippen molar-refractivity contribution in [1.29, 1.82) is 0 Å². The van der Waals surface area contributed by atoms with E-state index in [9.17, 15) is 22.8 Å². The van der Waals surface area contributed by atoms with Crippen LogP contribution in [0.1, 0.15) is 12.0 Å². The van der Waals surface area contributed by atoms with E-state index in [0.717, 1.165) is 12.1 Å². The van der Waals surface area contributed by atoms with Gasteiger partial charge in [0.25, 0.3) is 0 Å². The molecule has 0 radical (unpaired) electrons. The van der Waals surface area contributed by atoms with E-state index in [2.05, 4.69) is 5.32 Å². The number of amides is 2. The highest BCUT2D eigenvalue weighted by atomic mass is 35.5. The summed E-state index contributed by atoms with van der Waals surface area (Å²) in [7, 11) is 0. The second kappa shape index (κ2) is 7.28. The van der Waals surface area contributed by atoms with Crippen LogP contribution < -0.4 is 10.6 Å². The van der Waals surface area contributed by atoms with E-state index in [1.165, 1.54) is 0 Å². The third-order valence-electron chi connectivity index (χ3n) is 2.36. The summed E-state index contributed by atoms with van der Waals surface area (Å²) in [5.41, 5.74) is -1.71. The normalized spacial score (nSPS) is 11.1. The highest BCUT2D eigenvalue weighted by Gasteiger charge is 2.34. The summed E-state index contributed by atoms with van der Waals surface area (Å²) >= 11 is 5.49. The summed E-state index contributed by atoms with van der Waals surface area (Å²) in [4.78, 5) is 22.8. The summed E-state index contributed by atoms with van der Waals surface area (Å²) < 4.78 is 38.4. The molecular weight excluding hydrogens is 313 g/mol. The average molecular weight is 325 g/mol. The molecule has 0 atom stereocenters. The lowest BCUT2D eigenvalue weighted by molar-refractivity contribution is -0.138. The van der Waals surface area contributed by atoms with Crippen LogP contribution in [0.2, 0.25) is 5.02 Å². The van der Waals surface area contributed by atoms with Crippen LogP contribution >= 0.6 is 11.6 Å². The van der Waals surface area contributed by atoms with Gasteiger partial charge in [0.15, 0.2) is 0 Å². The van der Waals surface area contributed by atoms with Gasteiger partial charge in [-0.2, -0.15) is 13.2 Å². The largest absolute Gasteiger partial charge is 0.418 e. The van der Waals surface area contributed by atoms with Crippen LogP contribution in [0, 0.1) is 0 Å². The smallest absolute Gasteiger partial charge is 0.396 e. The highest BCUT2D eigenvalue weighted by molar-refractivity contribution is 6.39. The Morgan fingerprint density at radius 2 is 1.90 bits per heavy atom. The van der Waals surface area contributed by atoms with Gasteiger partial charge in [-0.3, -0.25) is 9.59 Å². The predicted molar refractivity (Wildman–Crippen MR) is 69.8 cm³/mol. The van der Waals surface area contributed by atoms with Gasteiger partial charge in [0.1, 0.15) is 0 Å². The molecule has 21 heavy (non-hydrogen) atoms. The minimum atomic E-state index is -4.72. The molecule has 0 aromatic heterocycles. The zero-order valence-electron chi connectivity index (χ0n) is 10.6. The first-order chi connectivity index (χ1) is 9.75. The molecule has 0 unspecified atom stereocenters. The Hall–Kier alpha value is -1.80. The van der Waals surface area contributed by atoms with E-state index in [1.807, 2.05) is 5.32 Å². The number of nitrogens with one attached hydrogen (secondary N) is 2. The van der Waals surface area contributed by atoms with E-state index < -0.39 is 29.2 Å². The monoisotopic (exact) mass is 324 g/mol. The fraction of sp³-hybridized carbons (Fsp3) is 0.333. The number of rotatable bonds is 4. The molecule has 3 N–H and O–H groups in total. The van der Waals surface area contributed by atoms with Crippen molar-refractivity contribution in [2.75, 3.05) is 18.5 Å². The topological polar surface area (TPSA) is 78.4 Å². The zero-order valence-corrected chi connectivity index (χ0v) is 11.4. The number of anilines is 1. The first kappa shape index (κ1) is 17.3. The van der Waals surface area contributed by atoms with Gasteiger partial charge < -0.3 is 15.7 Å². The fourth-order valence-corrected chi connectivity index (χ4v) is 1.57. The molecule has 0 aliphatic carbocycles. The van der Waals surface area contributed by atoms with E-state index in [4.69, 9.17) is 16.7 Å². The van der Waals surface area contributed by atoms with Gasteiger partial charge in [0.05, 0.1) is 11.3 Å². The Balaban J connectivity index is 2.83. The molecule has 9 heteroatoms. The second-order valence-corrected chi connectivity index (χ2v) is 4.41. The molecular formula is C12H12ClF3N2O3. The van der Waals surface area contributed by atoms with E-state index in [-0.39, 0.29) is 24.6 Å². The number of benzene rings is 1. The van der Waals surface area contributed by atoms with Crippen LogP contribution in [0.3, 0.4) is 0 Å². The summed E-state index contributed by atoms with van der Waals surface area (Å²) in [6.45, 7) is -0.146. The van der Waals surface area contributed by atoms with Crippen molar-refractivity contribution in [3.8, 4) is 0 Å². The maximum Gasteiger partial charge on any atom is 0.418 e. The first-order valence-corrected chi connectivity index (χ1v) is 6.20. The molecule has 116 valence electrons. The minimum absolute atomic E-state index is 0.0372. The van der Waals surface area contributed by atoms with Crippen molar-refractivity contribution in [3.63, 3.8) is 0 Å². The number of aliphatic hydroxyl groups is 1. The first-order valence-electron chi connectivity index (χ1n) is 5.82. The molecule has 1 aromatic rings. The molecule has 0 saturated heterocycles. The quantitative estimate of drug-likeness (QED) is 0.583. The number of halogens is 4. The van der Waals surface area contributed by atoms with Crippen molar-refractivity contribution in [1.82, 2.24) is 5.32 Å². The summed E-state index contributed by atoms with van der Waals surface area (Å²) in [6.07, 6.45) is -4.49. The Bertz CT molecular complexity index is 535. The molecule has 0 bridgehead atoms. The number of aliphatic hydroxyl groups excluding tert-OH is 1. The Labute approximate surface area is 123 Å². The van der Waals surface area contributed by atoms with Gasteiger partial charge in [-0.05, 0) is 24.6 Å². The number of carbonyl (C=O) groups excluding carboxylic acids is 2. The van der Waals surface area contributed by atoms with Crippen molar-refractivity contribution < 1.29 is 27.9 Å². The highest BCUT2D eigenvalue weighted by Crippen LogP contribution is 2.36. The molecule has 0 saturated carbocycles. The van der Waals surface area contributed by atoms with E-state index in [0.29, 0.717) is 6.07 Å². The summed E-state index contributed by atoms with van der Waals surface area (Å²) in [5.74, 6) is -2.33. The Morgan fingerprint density at radius 1 is 1.24 bits per heavy atom. The number of hydrogen-bond donors (Lipinski definition) is 3. The van der Waals surface area contributed by atoms with Crippen molar-refractivity contribution in [3.05, 3.63) is 28.8 Å². The number of carbonyl (C=O) groups is 2. The van der Waals surface area contributed by atoms with Gasteiger partial charge in [0, 0.05) is 18.2 Å². The molecule has 0 fully saturated rings. The van der Waals surface area contributed by atoms with Gasteiger partial charge >= 0.3 is 18.0 Å². The van der Waals surface area contributed by atoms with Gasteiger partial charge in [-0.15, -0.1) is 0 Å². The van der Waals surface area contributed by atoms with Crippen LogP contribution in [0.15, 0.2) is 18.2 Å². The zero-order chi connectivity index (χ0) is 16.0. The maximum atomic E-state index is 12.8. The molecule has 1 rings (SSSR count). The third-order valence-corrected chi connectivity index (χ3v) is 2.60. The maximum absolute atomic E-state index is 12.8. The molecule has 1 aromatic carbocycles.